The molecule has 0 saturated heterocycles. The molecule has 2 aromatic carbocycles. The Labute approximate surface area is 172 Å². The normalized spacial score (nSPS) is 11.2. The molecule has 2 aromatic heterocycles. The van der Waals surface area contributed by atoms with Crippen molar-refractivity contribution >= 4 is 23.6 Å². The van der Waals surface area contributed by atoms with Gasteiger partial charge in [-0.2, -0.15) is 0 Å². The van der Waals surface area contributed by atoms with E-state index in [9.17, 15) is 9.59 Å². The van der Waals surface area contributed by atoms with Crippen LogP contribution in [0.4, 0.5) is 0 Å². The molecule has 6 heteroatoms. The van der Waals surface area contributed by atoms with Crippen molar-refractivity contribution < 1.29 is 9.21 Å². The number of aryl methyl sites for hydroxylation is 1. The molecule has 0 atom stereocenters. The van der Waals surface area contributed by atoms with E-state index < -0.39 is 11.6 Å². The average Bonchev–Trinajstić information content (AvgIpc) is 3.31. The minimum Gasteiger partial charge on any atom is -0.460 e. The molecular weight excluding hydrogens is 388 g/mol. The van der Waals surface area contributed by atoms with Crippen molar-refractivity contribution in [1.29, 1.82) is 0 Å². The summed E-state index contributed by atoms with van der Waals surface area (Å²) in [6.45, 7) is 1.81. The molecule has 0 saturated carbocycles. The number of para-hydroxylation sites is 1. The summed E-state index contributed by atoms with van der Waals surface area (Å²) in [5, 5.41) is 0.611. The lowest BCUT2D eigenvalue weighted by Gasteiger charge is -2.01. The number of rotatable bonds is 4. The van der Waals surface area contributed by atoms with Gasteiger partial charge in [0.2, 0.25) is 0 Å². The monoisotopic (exact) mass is 404 g/mol. The molecule has 29 heavy (non-hydrogen) atoms. The second-order valence-corrected chi connectivity index (χ2v) is 6.91. The molecule has 0 amide bonds. The molecule has 4 rings (SSSR count). The maximum absolute atomic E-state index is 13.1. The quantitative estimate of drug-likeness (QED) is 0.438. The van der Waals surface area contributed by atoms with Crippen molar-refractivity contribution in [1.82, 2.24) is 9.13 Å². The van der Waals surface area contributed by atoms with E-state index in [-0.39, 0.29) is 0 Å². The third-order valence-corrected chi connectivity index (χ3v) is 4.68. The van der Waals surface area contributed by atoms with Crippen molar-refractivity contribution in [3.8, 4) is 17.1 Å². The zero-order valence-electron chi connectivity index (χ0n) is 15.6. The van der Waals surface area contributed by atoms with E-state index in [2.05, 4.69) is 0 Å². The molecule has 0 aliphatic carbocycles. The van der Waals surface area contributed by atoms with Gasteiger partial charge in [-0.1, -0.05) is 41.9 Å². The molecular formula is C23H17ClN2O3. The molecule has 0 fully saturated rings. The molecule has 0 N–H and O–H groups in total. The Kier molecular flexibility index (Phi) is 5.06. The third kappa shape index (κ3) is 3.86. The van der Waals surface area contributed by atoms with E-state index in [0.717, 1.165) is 10.1 Å². The van der Waals surface area contributed by atoms with Gasteiger partial charge in [0.05, 0.1) is 5.69 Å². The minimum atomic E-state index is -0.469. The molecule has 144 valence electrons. The van der Waals surface area contributed by atoms with E-state index >= 15 is 0 Å². The highest BCUT2D eigenvalue weighted by Gasteiger charge is 2.20. The zero-order chi connectivity index (χ0) is 20.4. The highest BCUT2D eigenvalue weighted by molar-refractivity contribution is 6.30. The van der Waals surface area contributed by atoms with Gasteiger partial charge >= 0.3 is 5.69 Å². The lowest BCUT2D eigenvalue weighted by molar-refractivity contribution is 0.0967. The molecule has 0 aliphatic heterocycles. The predicted molar refractivity (Wildman–Crippen MR) is 114 cm³/mol. The molecule has 0 spiro atoms. The molecule has 0 bridgehead atoms. The summed E-state index contributed by atoms with van der Waals surface area (Å²) in [6.07, 6.45) is 4.62. The van der Waals surface area contributed by atoms with E-state index in [1.54, 1.807) is 60.8 Å². The highest BCUT2D eigenvalue weighted by Crippen LogP contribution is 2.22. The first-order chi connectivity index (χ1) is 14.0. The number of allylic oxidation sites excluding steroid dienone is 1. The Morgan fingerprint density at radius 3 is 2.38 bits per heavy atom. The first kappa shape index (κ1) is 18.8. The molecule has 0 radical (unpaired) electrons. The number of furan rings is 1. The zero-order valence-corrected chi connectivity index (χ0v) is 16.3. The smallest absolute Gasteiger partial charge is 0.340 e. The third-order valence-electron chi connectivity index (χ3n) is 4.43. The summed E-state index contributed by atoms with van der Waals surface area (Å²) in [5.74, 6) is 0.668. The number of nitrogens with zero attached hydrogens (tertiary/aromatic N) is 2. The van der Waals surface area contributed by atoms with Crippen LogP contribution in [0, 0.1) is 6.92 Å². The lowest BCUT2D eigenvalue weighted by Crippen LogP contribution is -2.27. The minimum absolute atomic E-state index is 0.387. The van der Waals surface area contributed by atoms with Crippen molar-refractivity contribution in [2.24, 2.45) is 0 Å². The van der Waals surface area contributed by atoms with Crippen molar-refractivity contribution in [3.05, 3.63) is 106 Å². The fourth-order valence-electron chi connectivity index (χ4n) is 2.99. The van der Waals surface area contributed by atoms with Gasteiger partial charge in [-0.3, -0.25) is 9.36 Å². The van der Waals surface area contributed by atoms with Crippen LogP contribution in [-0.2, 0) is 0 Å². The van der Waals surface area contributed by atoms with Crippen LogP contribution in [0.25, 0.3) is 23.2 Å². The first-order valence-electron chi connectivity index (χ1n) is 8.97. The fraction of sp³-hybridized carbons (Fsp3) is 0.0435. The van der Waals surface area contributed by atoms with Crippen LogP contribution in [0.1, 0.15) is 16.1 Å². The number of carbonyl (C=O) groups is 1. The molecule has 2 heterocycles. The lowest BCUT2D eigenvalue weighted by atomic mass is 10.2. The fourth-order valence-corrected chi connectivity index (χ4v) is 3.12. The second kappa shape index (κ2) is 7.81. The van der Waals surface area contributed by atoms with Gasteiger partial charge in [-0.05, 0) is 55.0 Å². The van der Waals surface area contributed by atoms with Gasteiger partial charge in [0.1, 0.15) is 11.5 Å². The maximum atomic E-state index is 13.1. The van der Waals surface area contributed by atoms with Crippen molar-refractivity contribution in [2.45, 2.75) is 6.92 Å². The molecule has 5 nitrogen and oxygen atoms in total. The number of halogens is 1. The van der Waals surface area contributed by atoms with Gasteiger partial charge in [0.15, 0.2) is 5.76 Å². The van der Waals surface area contributed by atoms with E-state index in [4.69, 9.17) is 16.0 Å². The maximum Gasteiger partial charge on any atom is 0.340 e. The van der Waals surface area contributed by atoms with Gasteiger partial charge in [0.25, 0.3) is 5.91 Å². The van der Waals surface area contributed by atoms with Crippen molar-refractivity contribution in [3.63, 3.8) is 0 Å². The Morgan fingerprint density at radius 2 is 1.72 bits per heavy atom. The van der Waals surface area contributed by atoms with Crippen LogP contribution >= 0.6 is 11.6 Å². The molecule has 0 aliphatic rings. The molecule has 4 aromatic rings. The van der Waals surface area contributed by atoms with Crippen molar-refractivity contribution in [2.75, 3.05) is 0 Å². The van der Waals surface area contributed by atoms with Gasteiger partial charge < -0.3 is 4.42 Å². The van der Waals surface area contributed by atoms with E-state index in [1.807, 2.05) is 25.1 Å². The summed E-state index contributed by atoms with van der Waals surface area (Å²) in [7, 11) is 0. The van der Waals surface area contributed by atoms with Gasteiger partial charge in [-0.25, -0.2) is 9.36 Å². The Balaban J connectivity index is 1.80. The summed E-state index contributed by atoms with van der Waals surface area (Å²) < 4.78 is 8.22. The highest BCUT2D eigenvalue weighted by atomic mass is 35.5. The Morgan fingerprint density at radius 1 is 1.00 bits per heavy atom. The summed E-state index contributed by atoms with van der Waals surface area (Å²) >= 11 is 5.89. The van der Waals surface area contributed by atoms with Crippen LogP contribution < -0.4 is 5.69 Å². The first-order valence-corrected chi connectivity index (χ1v) is 9.35. The van der Waals surface area contributed by atoms with Crippen LogP contribution in [0.3, 0.4) is 0 Å². The Hall–Kier alpha value is -3.57. The topological polar surface area (TPSA) is 57.1 Å². The van der Waals surface area contributed by atoms with E-state index in [0.29, 0.717) is 27.9 Å². The molecule has 0 unspecified atom stereocenters. The number of imidazole rings is 1. The van der Waals surface area contributed by atoms with Gasteiger partial charge in [0, 0.05) is 17.3 Å². The average molecular weight is 405 g/mol. The number of hydrogen-bond acceptors (Lipinski definition) is 3. The predicted octanol–water partition coefficient (Wildman–Crippen LogP) is 5.21. The number of hydrogen-bond donors (Lipinski definition) is 0. The van der Waals surface area contributed by atoms with Crippen LogP contribution in [0.2, 0.25) is 5.02 Å². The van der Waals surface area contributed by atoms with E-state index in [1.165, 1.54) is 10.6 Å². The standard InChI is InChI=1S/C23H17ClN2O3/c1-16-7-13-21(29-16)20-15-25(19-5-3-2-4-6-19)23(28)26(20)22(27)14-10-17-8-11-18(24)12-9-17/h2-15H,1H3/b14-10+. The summed E-state index contributed by atoms with van der Waals surface area (Å²) in [6, 6.07) is 19.7. The van der Waals surface area contributed by atoms with Crippen LogP contribution in [-0.4, -0.2) is 15.0 Å². The van der Waals surface area contributed by atoms with Gasteiger partial charge in [-0.15, -0.1) is 0 Å². The second-order valence-electron chi connectivity index (χ2n) is 6.47. The number of aromatic nitrogens is 2. The number of benzene rings is 2. The largest absolute Gasteiger partial charge is 0.460 e. The van der Waals surface area contributed by atoms with Crippen LogP contribution in [0.15, 0.2) is 88.2 Å². The SMILES string of the molecule is Cc1ccc(-c2cn(-c3ccccc3)c(=O)n2C(=O)/C=C/c2ccc(Cl)cc2)o1. The van der Waals surface area contributed by atoms with Crippen LogP contribution in [0.5, 0.6) is 0 Å². The summed E-state index contributed by atoms with van der Waals surface area (Å²) in [4.78, 5) is 26.0. The number of carbonyl (C=O) groups excluding carboxylic acids is 1. The summed E-state index contributed by atoms with van der Waals surface area (Å²) in [5.41, 5.74) is 1.38. The Bertz CT molecular complexity index is 1250.